The molecular formula is C32H50N8O3. The van der Waals surface area contributed by atoms with Gasteiger partial charge >= 0.3 is 0 Å². The molecule has 0 unspecified atom stereocenters. The van der Waals surface area contributed by atoms with Crippen molar-refractivity contribution in [1.82, 2.24) is 16.0 Å². The molecule has 11 N–H and O–H groups in total. The van der Waals surface area contributed by atoms with Gasteiger partial charge in [-0.25, -0.2) is 0 Å². The normalized spacial score (nSPS) is 12.1. The number of amides is 3. The number of rotatable bonds is 21. The molecular weight excluding hydrogens is 544 g/mol. The summed E-state index contributed by atoms with van der Waals surface area (Å²) in [5, 5.41) is 8.70. The zero-order valence-corrected chi connectivity index (χ0v) is 25.2. The summed E-state index contributed by atoms with van der Waals surface area (Å²) in [6.07, 6.45) is 6.27. The van der Waals surface area contributed by atoms with Crippen LogP contribution in [0.4, 0.5) is 0 Å². The first-order valence-corrected chi connectivity index (χ1v) is 15.3. The van der Waals surface area contributed by atoms with E-state index in [0.29, 0.717) is 51.9 Å². The first-order valence-electron chi connectivity index (χ1n) is 15.3. The zero-order chi connectivity index (χ0) is 31.3. The van der Waals surface area contributed by atoms with Crippen molar-refractivity contribution >= 4 is 23.7 Å². The lowest BCUT2D eigenvalue weighted by atomic mass is 10.0. The molecule has 2 aromatic carbocycles. The molecule has 11 heteroatoms. The van der Waals surface area contributed by atoms with Crippen molar-refractivity contribution in [3.63, 3.8) is 0 Å². The van der Waals surface area contributed by atoms with E-state index < -0.39 is 12.1 Å². The number of guanidine groups is 1. The average Bonchev–Trinajstić information content (AvgIpc) is 3.00. The molecule has 0 radical (unpaired) electrons. The van der Waals surface area contributed by atoms with Crippen molar-refractivity contribution in [2.75, 3.05) is 26.2 Å². The predicted octanol–water partition coefficient (Wildman–Crippen LogP) is 1.68. The molecule has 0 aliphatic heterocycles. The number of carbonyl (C=O) groups excluding carboxylic acids is 3. The standard InChI is InChI=1S/C32H50N8O3/c33-19-7-5-13-27(30(42)37-21-9-2-10-22-38-32(35)36)40-31(43)28(14-6-8-20-34)39-29(41)23-24-15-17-26(18-16-24)25-11-3-1-4-12-25/h1,3-4,11-12,15-18,27-28H,2,5-10,13-14,19-23,33-34H2,(H,37,42)(H,39,41)(H,40,43)(H4,35,36,38)/t27-,28-/m0/s1. The molecule has 0 saturated carbocycles. The van der Waals surface area contributed by atoms with Crippen LogP contribution in [0, 0.1) is 0 Å². The summed E-state index contributed by atoms with van der Waals surface area (Å²) in [6, 6.07) is 16.3. The highest BCUT2D eigenvalue weighted by atomic mass is 16.2. The third-order valence-electron chi connectivity index (χ3n) is 7.03. The van der Waals surface area contributed by atoms with Crippen molar-refractivity contribution in [2.45, 2.75) is 76.3 Å². The molecule has 0 heterocycles. The second-order valence-electron chi connectivity index (χ2n) is 10.6. The molecule has 0 bridgehead atoms. The van der Waals surface area contributed by atoms with Gasteiger partial charge in [-0.1, -0.05) is 54.6 Å². The van der Waals surface area contributed by atoms with E-state index in [9.17, 15) is 14.4 Å². The fraction of sp³-hybridized carbons (Fsp3) is 0.500. The molecule has 3 amide bonds. The van der Waals surface area contributed by atoms with Gasteiger partial charge in [-0.3, -0.25) is 19.4 Å². The molecule has 0 fully saturated rings. The van der Waals surface area contributed by atoms with Crippen LogP contribution in [0.5, 0.6) is 0 Å². The molecule has 2 atom stereocenters. The van der Waals surface area contributed by atoms with Crippen LogP contribution in [-0.4, -0.2) is 61.9 Å². The van der Waals surface area contributed by atoms with Gasteiger partial charge in [-0.05, 0) is 87.6 Å². The minimum atomic E-state index is -0.775. The highest BCUT2D eigenvalue weighted by Crippen LogP contribution is 2.19. The average molecular weight is 595 g/mol. The Morgan fingerprint density at radius 1 is 0.674 bits per heavy atom. The minimum Gasteiger partial charge on any atom is -0.370 e. The van der Waals surface area contributed by atoms with Gasteiger partial charge in [0.1, 0.15) is 12.1 Å². The number of aliphatic imine (C=N–C) groups is 1. The number of hydrogen-bond donors (Lipinski definition) is 7. The second-order valence-corrected chi connectivity index (χ2v) is 10.6. The first-order chi connectivity index (χ1) is 20.8. The lowest BCUT2D eigenvalue weighted by molar-refractivity contribution is -0.132. The van der Waals surface area contributed by atoms with E-state index >= 15 is 0 Å². The highest BCUT2D eigenvalue weighted by molar-refractivity contribution is 5.92. The molecule has 2 aromatic rings. The van der Waals surface area contributed by atoms with Crippen LogP contribution < -0.4 is 38.9 Å². The van der Waals surface area contributed by atoms with E-state index in [1.807, 2.05) is 54.6 Å². The van der Waals surface area contributed by atoms with Crippen LogP contribution in [-0.2, 0) is 20.8 Å². The molecule has 43 heavy (non-hydrogen) atoms. The fourth-order valence-electron chi connectivity index (χ4n) is 4.63. The molecule has 0 aromatic heterocycles. The highest BCUT2D eigenvalue weighted by Gasteiger charge is 2.26. The zero-order valence-electron chi connectivity index (χ0n) is 25.2. The quantitative estimate of drug-likeness (QED) is 0.0646. The minimum absolute atomic E-state index is 0.0689. The van der Waals surface area contributed by atoms with E-state index in [1.165, 1.54) is 0 Å². The lowest BCUT2D eigenvalue weighted by Crippen LogP contribution is -2.54. The van der Waals surface area contributed by atoms with Gasteiger partial charge in [0, 0.05) is 13.1 Å². The summed E-state index contributed by atoms with van der Waals surface area (Å²) in [4.78, 5) is 43.3. The van der Waals surface area contributed by atoms with Crippen LogP contribution >= 0.6 is 0 Å². The van der Waals surface area contributed by atoms with Gasteiger partial charge < -0.3 is 38.9 Å². The molecule has 11 nitrogen and oxygen atoms in total. The Hall–Kier alpha value is -3.96. The Kier molecular flexibility index (Phi) is 17.1. The molecule has 0 spiro atoms. The first kappa shape index (κ1) is 35.2. The summed E-state index contributed by atoms with van der Waals surface area (Å²) < 4.78 is 0. The lowest BCUT2D eigenvalue weighted by Gasteiger charge is -2.23. The van der Waals surface area contributed by atoms with Crippen molar-refractivity contribution in [2.24, 2.45) is 27.9 Å². The van der Waals surface area contributed by atoms with Crippen molar-refractivity contribution < 1.29 is 14.4 Å². The fourth-order valence-corrected chi connectivity index (χ4v) is 4.63. The maximum Gasteiger partial charge on any atom is 0.243 e. The van der Waals surface area contributed by atoms with Gasteiger partial charge in [0.2, 0.25) is 17.7 Å². The second kappa shape index (κ2) is 20.8. The maximum atomic E-state index is 13.4. The van der Waals surface area contributed by atoms with E-state index in [0.717, 1.165) is 48.8 Å². The largest absolute Gasteiger partial charge is 0.370 e. The molecule has 0 saturated heterocycles. The van der Waals surface area contributed by atoms with E-state index in [2.05, 4.69) is 20.9 Å². The van der Waals surface area contributed by atoms with Gasteiger partial charge in [-0.2, -0.15) is 0 Å². The van der Waals surface area contributed by atoms with Crippen LogP contribution in [0.2, 0.25) is 0 Å². The van der Waals surface area contributed by atoms with Crippen LogP contribution in [0.3, 0.4) is 0 Å². The summed E-state index contributed by atoms with van der Waals surface area (Å²) in [5.41, 5.74) is 25.0. The van der Waals surface area contributed by atoms with Crippen LogP contribution in [0.1, 0.15) is 63.4 Å². The van der Waals surface area contributed by atoms with Crippen LogP contribution in [0.15, 0.2) is 59.6 Å². The van der Waals surface area contributed by atoms with Crippen molar-refractivity contribution in [1.29, 1.82) is 0 Å². The molecule has 0 aliphatic rings. The topological polar surface area (TPSA) is 204 Å². The number of benzene rings is 2. The Labute approximate surface area is 255 Å². The number of nitrogens with one attached hydrogen (secondary N) is 3. The summed E-state index contributed by atoms with van der Waals surface area (Å²) in [5.74, 6) is -0.820. The van der Waals surface area contributed by atoms with Gasteiger partial charge in [0.05, 0.1) is 6.42 Å². The molecule has 0 aliphatic carbocycles. The summed E-state index contributed by atoms with van der Waals surface area (Å²) in [7, 11) is 0. The monoisotopic (exact) mass is 594 g/mol. The third kappa shape index (κ3) is 14.7. The maximum absolute atomic E-state index is 13.4. The number of unbranched alkanes of at least 4 members (excludes halogenated alkanes) is 4. The Balaban J connectivity index is 1.97. The number of nitrogens with zero attached hydrogens (tertiary/aromatic N) is 1. The van der Waals surface area contributed by atoms with Crippen molar-refractivity contribution in [3.8, 4) is 11.1 Å². The Morgan fingerprint density at radius 2 is 1.28 bits per heavy atom. The van der Waals surface area contributed by atoms with Crippen LogP contribution in [0.25, 0.3) is 11.1 Å². The Morgan fingerprint density at radius 3 is 1.88 bits per heavy atom. The predicted molar refractivity (Wildman–Crippen MR) is 173 cm³/mol. The molecule has 236 valence electrons. The van der Waals surface area contributed by atoms with E-state index in [-0.39, 0.29) is 30.1 Å². The number of nitrogens with two attached hydrogens (primary N) is 4. The molecule has 2 rings (SSSR count). The third-order valence-corrected chi connectivity index (χ3v) is 7.03. The number of carbonyl (C=O) groups is 3. The van der Waals surface area contributed by atoms with Gasteiger partial charge in [0.25, 0.3) is 0 Å². The Bertz CT molecular complexity index is 1120. The number of hydrogen-bond acceptors (Lipinski definition) is 6. The van der Waals surface area contributed by atoms with Crippen molar-refractivity contribution in [3.05, 3.63) is 60.2 Å². The smallest absolute Gasteiger partial charge is 0.243 e. The summed E-state index contributed by atoms with van der Waals surface area (Å²) in [6.45, 7) is 2.02. The SMILES string of the molecule is NCCCC[C@H](NC(=O)Cc1ccc(-c2ccccc2)cc1)C(=O)N[C@@H](CCCCN)C(=O)NCCCCCN=C(N)N. The van der Waals surface area contributed by atoms with Gasteiger partial charge in [-0.15, -0.1) is 0 Å². The van der Waals surface area contributed by atoms with Gasteiger partial charge in [0.15, 0.2) is 5.96 Å². The van der Waals surface area contributed by atoms with E-state index in [1.54, 1.807) is 0 Å². The van der Waals surface area contributed by atoms with E-state index in [4.69, 9.17) is 22.9 Å². The summed E-state index contributed by atoms with van der Waals surface area (Å²) >= 11 is 0.